The van der Waals surface area contributed by atoms with Crippen LogP contribution in [0, 0.1) is 0 Å². The van der Waals surface area contributed by atoms with Crippen molar-refractivity contribution in [3.8, 4) is 0 Å². The van der Waals surface area contributed by atoms with Crippen molar-refractivity contribution in [1.29, 1.82) is 0 Å². The lowest BCUT2D eigenvalue weighted by Gasteiger charge is -2.14. The Morgan fingerprint density at radius 2 is 2.05 bits per heavy atom. The fourth-order valence-corrected chi connectivity index (χ4v) is 3.61. The Bertz CT molecular complexity index is 593. The van der Waals surface area contributed by atoms with Gasteiger partial charge in [-0.25, -0.2) is 8.42 Å². The van der Waals surface area contributed by atoms with Gasteiger partial charge in [-0.15, -0.1) is 0 Å². The van der Waals surface area contributed by atoms with Gasteiger partial charge in [0.15, 0.2) is 15.7 Å². The number of nitrogens with zero attached hydrogens (tertiary/aromatic N) is 2. The lowest BCUT2D eigenvalue weighted by Crippen LogP contribution is -2.26. The maximum Gasteiger partial charge on any atom is 0.179 e. The molecule has 0 radical (unpaired) electrons. The van der Waals surface area contributed by atoms with Crippen molar-refractivity contribution >= 4 is 15.7 Å². The van der Waals surface area contributed by atoms with Gasteiger partial charge in [0.25, 0.3) is 0 Å². The van der Waals surface area contributed by atoms with Crippen molar-refractivity contribution in [2.45, 2.75) is 17.7 Å². The minimum Gasteiger partial charge on any atom is -0.409 e. The molecule has 1 aromatic rings. The summed E-state index contributed by atoms with van der Waals surface area (Å²) in [6.45, 7) is 2.50. The summed E-state index contributed by atoms with van der Waals surface area (Å²) in [5, 5.41) is 11.5. The molecule has 0 bridgehead atoms. The number of sulfone groups is 1. The van der Waals surface area contributed by atoms with Crippen LogP contribution in [0.3, 0.4) is 0 Å². The molecule has 0 spiro atoms. The average Bonchev–Trinajstić information content (AvgIpc) is 2.98. The van der Waals surface area contributed by atoms with E-state index in [-0.39, 0.29) is 16.5 Å². The highest BCUT2D eigenvalue weighted by molar-refractivity contribution is 7.91. The van der Waals surface area contributed by atoms with Gasteiger partial charge in [-0.2, -0.15) is 0 Å². The fourth-order valence-electron chi connectivity index (χ4n) is 2.28. The van der Waals surface area contributed by atoms with Crippen molar-refractivity contribution in [2.75, 3.05) is 25.4 Å². The van der Waals surface area contributed by atoms with E-state index in [9.17, 15) is 8.42 Å². The molecule has 0 aromatic heterocycles. The minimum atomic E-state index is -3.35. The van der Waals surface area contributed by atoms with Crippen molar-refractivity contribution in [1.82, 2.24) is 4.90 Å². The van der Waals surface area contributed by atoms with Crippen LogP contribution in [0.4, 0.5) is 0 Å². The van der Waals surface area contributed by atoms with E-state index in [1.54, 1.807) is 12.1 Å². The summed E-state index contributed by atoms with van der Waals surface area (Å²) in [5.41, 5.74) is 5.87. The van der Waals surface area contributed by atoms with E-state index in [0.717, 1.165) is 25.9 Å². The van der Waals surface area contributed by atoms with Gasteiger partial charge < -0.3 is 15.8 Å². The van der Waals surface area contributed by atoms with E-state index in [2.05, 4.69) is 10.1 Å². The standard InChI is InChI=1S/C13H19N3O3S/c14-13(15-17)11-4-3-5-12(10-11)20(18,19)9-8-16-6-1-2-7-16/h3-5,10,17H,1-2,6-9H2,(H2,14,15). The van der Waals surface area contributed by atoms with E-state index in [1.165, 1.54) is 12.1 Å². The summed E-state index contributed by atoms with van der Waals surface area (Å²) in [5.74, 6) is -0.00584. The quantitative estimate of drug-likeness (QED) is 0.360. The Balaban J connectivity index is 2.12. The summed E-state index contributed by atoms with van der Waals surface area (Å²) < 4.78 is 24.6. The molecule has 0 saturated carbocycles. The molecular formula is C13H19N3O3S. The largest absolute Gasteiger partial charge is 0.409 e. The Kier molecular flexibility index (Phi) is 4.61. The monoisotopic (exact) mass is 297 g/mol. The first kappa shape index (κ1) is 14.8. The molecule has 1 heterocycles. The van der Waals surface area contributed by atoms with Gasteiger partial charge >= 0.3 is 0 Å². The van der Waals surface area contributed by atoms with Gasteiger partial charge in [0.2, 0.25) is 0 Å². The number of hydrogen-bond donors (Lipinski definition) is 2. The number of likely N-dealkylation sites (tertiary alicyclic amines) is 1. The van der Waals surface area contributed by atoms with Gasteiger partial charge in [-0.3, -0.25) is 0 Å². The molecule has 0 aliphatic carbocycles. The summed E-state index contributed by atoms with van der Waals surface area (Å²) in [6.07, 6.45) is 2.28. The van der Waals surface area contributed by atoms with Crippen LogP contribution >= 0.6 is 0 Å². The fraction of sp³-hybridized carbons (Fsp3) is 0.462. The van der Waals surface area contributed by atoms with Crippen LogP contribution < -0.4 is 5.73 Å². The topological polar surface area (TPSA) is 96.0 Å². The van der Waals surface area contributed by atoms with E-state index in [4.69, 9.17) is 10.9 Å². The Hall–Kier alpha value is -1.60. The molecule has 110 valence electrons. The molecule has 0 atom stereocenters. The molecular weight excluding hydrogens is 278 g/mol. The van der Waals surface area contributed by atoms with Crippen LogP contribution in [0.5, 0.6) is 0 Å². The highest BCUT2D eigenvalue weighted by Gasteiger charge is 2.19. The first-order chi connectivity index (χ1) is 9.53. The van der Waals surface area contributed by atoms with E-state index < -0.39 is 9.84 Å². The Morgan fingerprint density at radius 3 is 2.70 bits per heavy atom. The van der Waals surface area contributed by atoms with Crippen molar-refractivity contribution in [2.24, 2.45) is 10.9 Å². The van der Waals surface area contributed by atoms with Crippen LogP contribution in [-0.2, 0) is 9.84 Å². The smallest absolute Gasteiger partial charge is 0.179 e. The first-order valence-corrected chi connectivity index (χ1v) is 8.21. The molecule has 1 aliphatic rings. The second kappa shape index (κ2) is 6.23. The molecule has 1 aliphatic heterocycles. The maximum absolute atomic E-state index is 12.3. The number of benzene rings is 1. The van der Waals surface area contributed by atoms with Gasteiger partial charge in [-0.05, 0) is 38.1 Å². The number of hydrogen-bond acceptors (Lipinski definition) is 5. The third kappa shape index (κ3) is 3.49. The van der Waals surface area contributed by atoms with Gasteiger partial charge in [-0.1, -0.05) is 17.3 Å². The zero-order valence-electron chi connectivity index (χ0n) is 11.2. The molecule has 0 unspecified atom stereocenters. The van der Waals surface area contributed by atoms with Crippen LogP contribution in [-0.4, -0.2) is 49.7 Å². The second-order valence-corrected chi connectivity index (χ2v) is 6.99. The molecule has 6 nitrogen and oxygen atoms in total. The van der Waals surface area contributed by atoms with Gasteiger partial charge in [0.1, 0.15) is 0 Å². The first-order valence-electron chi connectivity index (χ1n) is 6.56. The molecule has 3 N–H and O–H groups in total. The highest BCUT2D eigenvalue weighted by Crippen LogP contribution is 2.15. The number of amidine groups is 1. The Morgan fingerprint density at radius 1 is 1.35 bits per heavy atom. The van der Waals surface area contributed by atoms with Gasteiger partial charge in [0, 0.05) is 12.1 Å². The summed E-state index contributed by atoms with van der Waals surface area (Å²) in [4.78, 5) is 2.37. The zero-order valence-corrected chi connectivity index (χ0v) is 12.0. The van der Waals surface area contributed by atoms with E-state index in [0.29, 0.717) is 12.1 Å². The van der Waals surface area contributed by atoms with Crippen molar-refractivity contribution in [3.05, 3.63) is 29.8 Å². The predicted molar refractivity (Wildman–Crippen MR) is 76.7 cm³/mol. The number of nitrogens with two attached hydrogens (primary N) is 1. The van der Waals surface area contributed by atoms with Crippen molar-refractivity contribution < 1.29 is 13.6 Å². The predicted octanol–water partition coefficient (Wildman–Crippen LogP) is 0.651. The second-order valence-electron chi connectivity index (χ2n) is 4.88. The van der Waals surface area contributed by atoms with Crippen LogP contribution in [0.25, 0.3) is 0 Å². The van der Waals surface area contributed by atoms with E-state index >= 15 is 0 Å². The zero-order chi connectivity index (χ0) is 14.6. The molecule has 0 amide bonds. The molecule has 1 fully saturated rings. The lowest BCUT2D eigenvalue weighted by molar-refractivity contribution is 0.318. The van der Waals surface area contributed by atoms with Crippen LogP contribution in [0.1, 0.15) is 18.4 Å². The third-order valence-electron chi connectivity index (χ3n) is 3.47. The highest BCUT2D eigenvalue weighted by atomic mass is 32.2. The van der Waals surface area contributed by atoms with Crippen LogP contribution in [0.15, 0.2) is 34.3 Å². The average molecular weight is 297 g/mol. The SMILES string of the molecule is N/C(=N/O)c1cccc(S(=O)(=O)CCN2CCCC2)c1. The molecule has 1 saturated heterocycles. The van der Waals surface area contributed by atoms with Crippen molar-refractivity contribution in [3.63, 3.8) is 0 Å². The summed E-state index contributed by atoms with van der Waals surface area (Å²) in [6, 6.07) is 6.17. The molecule has 7 heteroatoms. The van der Waals surface area contributed by atoms with Gasteiger partial charge in [0.05, 0.1) is 10.6 Å². The lowest BCUT2D eigenvalue weighted by atomic mass is 10.2. The number of rotatable bonds is 5. The minimum absolute atomic E-state index is 0.0899. The molecule has 1 aromatic carbocycles. The normalized spacial score (nSPS) is 17.5. The van der Waals surface area contributed by atoms with Crippen LogP contribution in [0.2, 0.25) is 0 Å². The molecule has 20 heavy (non-hydrogen) atoms. The maximum atomic E-state index is 12.3. The number of oxime groups is 1. The molecule has 2 rings (SSSR count). The third-order valence-corrected chi connectivity index (χ3v) is 5.16. The Labute approximate surface area is 118 Å². The summed E-state index contributed by atoms with van der Waals surface area (Å²) in [7, 11) is -3.35. The summed E-state index contributed by atoms with van der Waals surface area (Å²) >= 11 is 0. The van der Waals surface area contributed by atoms with E-state index in [1.807, 2.05) is 0 Å².